The number of halogens is 1. The largest absolute Gasteiger partial charge is 0.406 e. The van der Waals surface area contributed by atoms with Crippen LogP contribution in [0, 0.1) is 6.92 Å². The molecule has 4 aromatic carbocycles. The van der Waals surface area contributed by atoms with Gasteiger partial charge in [0.05, 0.1) is 22.7 Å². The Bertz CT molecular complexity index is 1460. The van der Waals surface area contributed by atoms with Crippen LogP contribution in [0.5, 0.6) is 5.88 Å². The van der Waals surface area contributed by atoms with Crippen molar-refractivity contribution in [2.75, 3.05) is 0 Å². The number of carbonyl (C=O) groups excluding carboxylic acids is 1. The Morgan fingerprint density at radius 1 is 0.912 bits per heavy atom. The Morgan fingerprint density at radius 3 is 2.41 bits per heavy atom. The molecule has 0 atom stereocenters. The second kappa shape index (κ2) is 9.75. The smallest absolute Gasteiger partial charge is 0.317 e. The third kappa shape index (κ3) is 4.72. The minimum absolute atomic E-state index is 0.158. The average Bonchev–Trinajstić information content (AvgIpc) is 3.16. The maximum atomic E-state index is 13.2. The van der Waals surface area contributed by atoms with Crippen molar-refractivity contribution in [2.45, 2.75) is 23.1 Å². The molecule has 0 saturated carbocycles. The van der Waals surface area contributed by atoms with E-state index in [1.165, 1.54) is 11.8 Å². The highest BCUT2D eigenvalue weighted by atomic mass is 35.5. The van der Waals surface area contributed by atoms with Crippen LogP contribution >= 0.6 is 23.4 Å². The van der Waals surface area contributed by atoms with Gasteiger partial charge in [0.1, 0.15) is 0 Å². The number of ether oxygens (including phenoxy) is 1. The second-order valence-electron chi connectivity index (χ2n) is 7.81. The minimum atomic E-state index is -0.341. The molecule has 1 heterocycles. The molecule has 0 amide bonds. The van der Waals surface area contributed by atoms with Crippen LogP contribution in [0.25, 0.3) is 16.5 Å². The molecule has 0 fully saturated rings. The van der Waals surface area contributed by atoms with Crippen molar-refractivity contribution in [1.82, 2.24) is 9.78 Å². The van der Waals surface area contributed by atoms with Crippen molar-refractivity contribution in [3.63, 3.8) is 0 Å². The van der Waals surface area contributed by atoms with E-state index in [1.807, 2.05) is 104 Å². The van der Waals surface area contributed by atoms with E-state index in [9.17, 15) is 4.79 Å². The van der Waals surface area contributed by atoms with Gasteiger partial charge in [-0.3, -0.25) is 4.79 Å². The summed E-state index contributed by atoms with van der Waals surface area (Å²) in [5.74, 6) is 0.0697. The molecule has 34 heavy (non-hydrogen) atoms. The van der Waals surface area contributed by atoms with Gasteiger partial charge in [-0.15, -0.1) is 0 Å². The zero-order valence-corrected chi connectivity index (χ0v) is 20.0. The molecule has 0 N–H and O–H groups in total. The molecule has 5 rings (SSSR count). The van der Waals surface area contributed by atoms with E-state index in [2.05, 4.69) is 0 Å². The van der Waals surface area contributed by atoms with Crippen LogP contribution < -0.4 is 4.74 Å². The minimum Gasteiger partial charge on any atom is -0.406 e. The van der Waals surface area contributed by atoms with Crippen LogP contribution in [0.3, 0.4) is 0 Å². The maximum Gasteiger partial charge on any atom is 0.317 e. The topological polar surface area (TPSA) is 44.1 Å². The molecule has 4 nitrogen and oxygen atoms in total. The molecule has 0 spiro atoms. The van der Waals surface area contributed by atoms with Crippen LogP contribution in [0.15, 0.2) is 107 Å². The van der Waals surface area contributed by atoms with E-state index >= 15 is 0 Å². The number of aromatic nitrogens is 2. The Kier molecular flexibility index (Phi) is 6.39. The lowest BCUT2D eigenvalue weighted by atomic mass is 10.0. The summed E-state index contributed by atoms with van der Waals surface area (Å²) < 4.78 is 7.70. The highest BCUT2D eigenvalue weighted by molar-refractivity contribution is 7.99. The van der Waals surface area contributed by atoms with Gasteiger partial charge in [0.15, 0.2) is 0 Å². The number of para-hydroxylation sites is 1. The number of benzene rings is 4. The van der Waals surface area contributed by atoms with Gasteiger partial charge < -0.3 is 4.74 Å². The molecule has 0 radical (unpaired) electrons. The van der Waals surface area contributed by atoms with Gasteiger partial charge >= 0.3 is 5.97 Å². The van der Waals surface area contributed by atoms with E-state index < -0.39 is 0 Å². The van der Waals surface area contributed by atoms with Crippen molar-refractivity contribution in [3.8, 4) is 11.6 Å². The van der Waals surface area contributed by atoms with E-state index in [4.69, 9.17) is 21.4 Å². The summed E-state index contributed by atoms with van der Waals surface area (Å²) in [5.41, 5.74) is 2.52. The highest BCUT2D eigenvalue weighted by Gasteiger charge is 2.22. The second-order valence-corrected chi connectivity index (χ2v) is 9.33. The summed E-state index contributed by atoms with van der Waals surface area (Å²) in [7, 11) is 0. The quantitative estimate of drug-likeness (QED) is 0.237. The Labute approximate surface area is 207 Å². The van der Waals surface area contributed by atoms with Crippen LogP contribution in [0.2, 0.25) is 5.02 Å². The fourth-order valence-corrected chi connectivity index (χ4v) is 4.85. The first-order chi connectivity index (χ1) is 16.6. The lowest BCUT2D eigenvalue weighted by molar-refractivity contribution is -0.134. The molecular formula is C28H21ClN2O2S. The lowest BCUT2D eigenvalue weighted by Gasteiger charge is -2.11. The summed E-state index contributed by atoms with van der Waals surface area (Å²) in [5, 5.41) is 7.51. The number of fused-ring (bicyclic) bond motifs is 1. The van der Waals surface area contributed by atoms with E-state index in [0.29, 0.717) is 10.9 Å². The molecule has 1 aromatic heterocycles. The summed E-state index contributed by atoms with van der Waals surface area (Å²) >= 11 is 7.55. The third-order valence-electron chi connectivity index (χ3n) is 5.42. The van der Waals surface area contributed by atoms with Gasteiger partial charge in [0.25, 0.3) is 0 Å². The Hall–Kier alpha value is -3.54. The van der Waals surface area contributed by atoms with Gasteiger partial charge in [-0.25, -0.2) is 0 Å². The Morgan fingerprint density at radius 2 is 1.62 bits per heavy atom. The summed E-state index contributed by atoms with van der Waals surface area (Å²) in [6.45, 7) is 1.92. The Balaban J connectivity index is 1.50. The molecule has 0 unspecified atom stereocenters. The normalized spacial score (nSPS) is 11.0. The standard InChI is InChI=1S/C28H21ClN2O2S/c1-19-27(34-24-16-14-22(29)15-17-24)28(31(30-19)23-11-3-2-4-12-23)33-26(32)18-21-10-7-9-20-8-5-6-13-25(20)21/h2-17H,18H2,1H3. The van der Waals surface area contributed by atoms with Crippen LogP contribution in [-0.2, 0) is 11.2 Å². The van der Waals surface area contributed by atoms with Gasteiger partial charge in [0, 0.05) is 9.92 Å². The summed E-state index contributed by atoms with van der Waals surface area (Å²) in [6, 6.07) is 31.2. The van der Waals surface area contributed by atoms with Gasteiger partial charge in [-0.05, 0) is 59.7 Å². The van der Waals surface area contributed by atoms with Gasteiger partial charge in [-0.2, -0.15) is 9.78 Å². The molecule has 0 saturated heterocycles. The van der Waals surface area contributed by atoms with Crippen molar-refractivity contribution in [2.24, 2.45) is 0 Å². The monoisotopic (exact) mass is 484 g/mol. The average molecular weight is 485 g/mol. The van der Waals surface area contributed by atoms with Crippen molar-refractivity contribution in [1.29, 1.82) is 0 Å². The first kappa shape index (κ1) is 22.3. The molecular weight excluding hydrogens is 464 g/mol. The zero-order valence-electron chi connectivity index (χ0n) is 18.4. The molecule has 0 aliphatic rings. The molecule has 168 valence electrons. The van der Waals surface area contributed by atoms with Gasteiger partial charge in [0.2, 0.25) is 5.88 Å². The van der Waals surface area contributed by atoms with Crippen molar-refractivity contribution >= 4 is 40.1 Å². The van der Waals surface area contributed by atoms with Crippen LogP contribution in [0.4, 0.5) is 0 Å². The van der Waals surface area contributed by atoms with Gasteiger partial charge in [-0.1, -0.05) is 84.0 Å². The third-order valence-corrected chi connectivity index (χ3v) is 6.86. The number of rotatable bonds is 6. The zero-order chi connectivity index (χ0) is 23.5. The number of carbonyl (C=O) groups is 1. The fraction of sp³-hybridized carbons (Fsp3) is 0.0714. The molecule has 0 aliphatic heterocycles. The maximum absolute atomic E-state index is 13.2. The molecule has 5 aromatic rings. The summed E-state index contributed by atoms with van der Waals surface area (Å²) in [6.07, 6.45) is 0.158. The number of aryl methyl sites for hydroxylation is 1. The highest BCUT2D eigenvalue weighted by Crippen LogP contribution is 2.39. The molecule has 0 aliphatic carbocycles. The number of esters is 1. The first-order valence-electron chi connectivity index (χ1n) is 10.8. The fourth-order valence-electron chi connectivity index (χ4n) is 3.81. The van der Waals surface area contributed by atoms with Crippen molar-refractivity contribution in [3.05, 3.63) is 113 Å². The predicted octanol–water partition coefficient (Wildman–Crippen LogP) is 7.29. The molecule has 6 heteroatoms. The lowest BCUT2D eigenvalue weighted by Crippen LogP contribution is -2.14. The SMILES string of the molecule is Cc1nn(-c2ccccc2)c(OC(=O)Cc2cccc3ccccc23)c1Sc1ccc(Cl)cc1. The number of hydrogen-bond donors (Lipinski definition) is 0. The predicted molar refractivity (Wildman–Crippen MR) is 137 cm³/mol. The summed E-state index contributed by atoms with van der Waals surface area (Å²) in [4.78, 5) is 14.9. The van der Waals surface area contributed by atoms with E-state index in [-0.39, 0.29) is 12.4 Å². The van der Waals surface area contributed by atoms with Crippen LogP contribution in [-0.4, -0.2) is 15.7 Å². The van der Waals surface area contributed by atoms with E-state index in [0.717, 1.165) is 37.5 Å². The number of nitrogens with zero attached hydrogens (tertiary/aromatic N) is 2. The van der Waals surface area contributed by atoms with E-state index in [1.54, 1.807) is 4.68 Å². The molecule has 0 bridgehead atoms. The number of hydrogen-bond acceptors (Lipinski definition) is 4. The van der Waals surface area contributed by atoms with Crippen molar-refractivity contribution < 1.29 is 9.53 Å². The van der Waals surface area contributed by atoms with Crippen LogP contribution in [0.1, 0.15) is 11.3 Å². The first-order valence-corrected chi connectivity index (χ1v) is 12.0.